The highest BCUT2D eigenvalue weighted by Gasteiger charge is 2.25. The lowest BCUT2D eigenvalue weighted by Gasteiger charge is -2.21. The summed E-state index contributed by atoms with van der Waals surface area (Å²) >= 11 is 3.78. The number of nitrogens with zero attached hydrogens (tertiary/aromatic N) is 1. The molecule has 0 saturated heterocycles. The first-order valence-corrected chi connectivity index (χ1v) is 6.64. The van der Waals surface area contributed by atoms with Crippen LogP contribution >= 0.6 is 23.9 Å². The van der Waals surface area contributed by atoms with Crippen molar-refractivity contribution in [3.8, 4) is 0 Å². The molecule has 1 aromatic carbocycles. The van der Waals surface area contributed by atoms with E-state index in [1.165, 1.54) is 22.6 Å². The maximum atomic E-state index is 2.44. The highest BCUT2D eigenvalue weighted by atomic mass is 32.2. The minimum absolute atomic E-state index is 0.692. The van der Waals surface area contributed by atoms with Crippen LogP contribution in [0.15, 0.2) is 34.1 Å². The second-order valence-electron chi connectivity index (χ2n) is 3.38. The van der Waals surface area contributed by atoms with Crippen molar-refractivity contribution in [2.75, 3.05) is 0 Å². The molecule has 76 valence electrons. The standard InChI is InChI=1S/C11H15NS2/c1-3-9(4-2)12-13-10-7-5-6-8-11(10)14-12/h5-9H,3-4H2,1-2H3. The van der Waals surface area contributed by atoms with Crippen LogP contribution in [-0.4, -0.2) is 9.75 Å². The van der Waals surface area contributed by atoms with Crippen molar-refractivity contribution in [2.24, 2.45) is 0 Å². The van der Waals surface area contributed by atoms with Gasteiger partial charge in [0.05, 0.1) is 0 Å². The SMILES string of the molecule is CCC(CC)N1Sc2ccccc2S1. The van der Waals surface area contributed by atoms with Crippen LogP contribution in [-0.2, 0) is 0 Å². The maximum absolute atomic E-state index is 2.44. The Labute approximate surface area is 94.5 Å². The molecule has 1 aliphatic heterocycles. The van der Waals surface area contributed by atoms with Crippen LogP contribution in [0.3, 0.4) is 0 Å². The Morgan fingerprint density at radius 1 is 1.07 bits per heavy atom. The zero-order chi connectivity index (χ0) is 9.97. The van der Waals surface area contributed by atoms with Crippen molar-refractivity contribution in [1.82, 2.24) is 3.71 Å². The van der Waals surface area contributed by atoms with E-state index < -0.39 is 0 Å². The normalized spacial score (nSPS) is 16.2. The Bertz CT molecular complexity index is 285. The van der Waals surface area contributed by atoms with Gasteiger partial charge in [0.1, 0.15) is 0 Å². The predicted octanol–water partition coefficient (Wildman–Crippen LogP) is 4.21. The summed E-state index contributed by atoms with van der Waals surface area (Å²) in [4.78, 5) is 2.81. The molecule has 0 unspecified atom stereocenters. The Hall–Kier alpha value is -0.120. The molecule has 0 atom stereocenters. The lowest BCUT2D eigenvalue weighted by Crippen LogP contribution is -2.19. The van der Waals surface area contributed by atoms with E-state index in [1.54, 1.807) is 0 Å². The topological polar surface area (TPSA) is 3.24 Å². The van der Waals surface area contributed by atoms with Crippen molar-refractivity contribution < 1.29 is 0 Å². The third-order valence-corrected chi connectivity index (χ3v) is 5.10. The Morgan fingerprint density at radius 2 is 1.57 bits per heavy atom. The fourth-order valence-corrected chi connectivity index (χ4v) is 4.28. The van der Waals surface area contributed by atoms with Crippen LogP contribution < -0.4 is 0 Å². The van der Waals surface area contributed by atoms with Crippen molar-refractivity contribution in [3.05, 3.63) is 24.3 Å². The average molecular weight is 225 g/mol. The Balaban J connectivity index is 2.11. The molecular weight excluding hydrogens is 210 g/mol. The monoisotopic (exact) mass is 225 g/mol. The molecule has 3 heteroatoms. The molecule has 0 amide bonds. The van der Waals surface area contributed by atoms with Gasteiger partial charge >= 0.3 is 0 Å². The second kappa shape index (κ2) is 4.60. The lowest BCUT2D eigenvalue weighted by molar-refractivity contribution is 0.482. The van der Waals surface area contributed by atoms with Crippen molar-refractivity contribution in [2.45, 2.75) is 42.5 Å². The molecule has 0 saturated carbocycles. The van der Waals surface area contributed by atoms with Gasteiger partial charge in [0.2, 0.25) is 0 Å². The molecule has 0 aromatic heterocycles. The van der Waals surface area contributed by atoms with Crippen LogP contribution in [0.1, 0.15) is 26.7 Å². The highest BCUT2D eigenvalue weighted by molar-refractivity contribution is 8.14. The first kappa shape index (κ1) is 10.4. The van der Waals surface area contributed by atoms with Gasteiger partial charge in [-0.2, -0.15) is 3.71 Å². The summed E-state index contributed by atoms with van der Waals surface area (Å²) in [6.07, 6.45) is 2.45. The fraction of sp³-hybridized carbons (Fsp3) is 0.455. The summed E-state index contributed by atoms with van der Waals surface area (Å²) in [5, 5.41) is 0. The molecule has 1 aromatic rings. The first-order chi connectivity index (χ1) is 6.85. The molecule has 0 aliphatic carbocycles. The summed E-state index contributed by atoms with van der Waals surface area (Å²) in [5.74, 6) is 0. The summed E-state index contributed by atoms with van der Waals surface area (Å²) in [6, 6.07) is 9.33. The van der Waals surface area contributed by atoms with Gasteiger partial charge < -0.3 is 0 Å². The van der Waals surface area contributed by atoms with Crippen LogP contribution in [0.2, 0.25) is 0 Å². The number of hydrogen-bond donors (Lipinski definition) is 0. The third-order valence-electron chi connectivity index (χ3n) is 2.47. The van der Waals surface area contributed by atoms with Crippen LogP contribution in [0.4, 0.5) is 0 Å². The number of rotatable bonds is 3. The molecule has 0 radical (unpaired) electrons. The summed E-state index contributed by atoms with van der Waals surface area (Å²) in [7, 11) is 0. The summed E-state index contributed by atoms with van der Waals surface area (Å²) in [6.45, 7) is 4.52. The minimum Gasteiger partial charge on any atom is -0.183 e. The van der Waals surface area contributed by atoms with Gasteiger partial charge in [0.15, 0.2) is 0 Å². The predicted molar refractivity (Wildman–Crippen MR) is 64.4 cm³/mol. The number of hydrogen-bond acceptors (Lipinski definition) is 3. The average Bonchev–Trinajstić information content (AvgIpc) is 2.63. The Morgan fingerprint density at radius 3 is 2.00 bits per heavy atom. The first-order valence-electron chi connectivity index (χ1n) is 5.09. The van der Waals surface area contributed by atoms with E-state index in [2.05, 4.69) is 41.8 Å². The van der Waals surface area contributed by atoms with Gasteiger partial charge in [-0.05, 0) is 48.9 Å². The molecule has 1 aliphatic rings. The second-order valence-corrected chi connectivity index (χ2v) is 5.65. The molecule has 1 heterocycles. The van der Waals surface area contributed by atoms with Crippen LogP contribution in [0.5, 0.6) is 0 Å². The minimum atomic E-state index is 0.692. The van der Waals surface area contributed by atoms with E-state index in [9.17, 15) is 0 Å². The molecule has 0 bridgehead atoms. The van der Waals surface area contributed by atoms with Gasteiger partial charge in [-0.1, -0.05) is 26.0 Å². The zero-order valence-corrected chi connectivity index (χ0v) is 10.2. The summed E-state index contributed by atoms with van der Waals surface area (Å²) < 4.78 is 2.44. The molecular formula is C11H15NS2. The molecule has 1 nitrogen and oxygen atoms in total. The van der Waals surface area contributed by atoms with Crippen LogP contribution in [0.25, 0.3) is 0 Å². The van der Waals surface area contributed by atoms with Gasteiger partial charge in [-0.15, -0.1) is 0 Å². The molecule has 0 fully saturated rings. The van der Waals surface area contributed by atoms with E-state index >= 15 is 0 Å². The van der Waals surface area contributed by atoms with Crippen molar-refractivity contribution in [1.29, 1.82) is 0 Å². The van der Waals surface area contributed by atoms with E-state index in [4.69, 9.17) is 0 Å². The molecule has 0 spiro atoms. The number of benzene rings is 1. The van der Waals surface area contributed by atoms with E-state index in [0.717, 1.165) is 0 Å². The van der Waals surface area contributed by atoms with Gasteiger partial charge in [0.25, 0.3) is 0 Å². The van der Waals surface area contributed by atoms with Crippen molar-refractivity contribution >= 4 is 23.9 Å². The van der Waals surface area contributed by atoms with E-state index in [-0.39, 0.29) is 0 Å². The summed E-state index contributed by atoms with van der Waals surface area (Å²) in [5.41, 5.74) is 0. The largest absolute Gasteiger partial charge is 0.183 e. The maximum Gasteiger partial charge on any atom is 0.0388 e. The fourth-order valence-electron chi connectivity index (χ4n) is 1.55. The van der Waals surface area contributed by atoms with Gasteiger partial charge in [-0.3, -0.25) is 0 Å². The van der Waals surface area contributed by atoms with Crippen LogP contribution in [0, 0.1) is 0 Å². The molecule has 14 heavy (non-hydrogen) atoms. The Kier molecular flexibility index (Phi) is 3.42. The van der Waals surface area contributed by atoms with Crippen molar-refractivity contribution in [3.63, 3.8) is 0 Å². The molecule has 2 rings (SSSR count). The van der Waals surface area contributed by atoms with E-state index in [1.807, 2.05) is 23.9 Å². The smallest absolute Gasteiger partial charge is 0.0388 e. The lowest BCUT2D eigenvalue weighted by atomic mass is 10.2. The number of fused-ring (bicyclic) bond motifs is 1. The zero-order valence-electron chi connectivity index (χ0n) is 8.56. The molecule has 0 N–H and O–H groups in total. The van der Waals surface area contributed by atoms with E-state index in [0.29, 0.717) is 6.04 Å². The quantitative estimate of drug-likeness (QED) is 0.710. The third kappa shape index (κ3) is 1.95. The highest BCUT2D eigenvalue weighted by Crippen LogP contribution is 2.48. The van der Waals surface area contributed by atoms with Gasteiger partial charge in [-0.25, -0.2) is 0 Å². The van der Waals surface area contributed by atoms with Gasteiger partial charge in [0, 0.05) is 15.8 Å².